The molecule has 0 heterocycles. The number of benzene rings is 3. The van der Waals surface area contributed by atoms with Gasteiger partial charge < -0.3 is 10.2 Å². The molecule has 3 aromatic carbocycles. The number of hydrogen-bond acceptors (Lipinski definition) is 4. The van der Waals surface area contributed by atoms with Gasteiger partial charge in [0.25, 0.3) is 0 Å². The first-order valence-corrected chi connectivity index (χ1v) is 15.0. The van der Waals surface area contributed by atoms with Crippen LogP contribution in [0.25, 0.3) is 0 Å². The highest BCUT2D eigenvalue weighted by Crippen LogP contribution is 2.25. The number of nitrogens with zero attached hydrogens (tertiary/aromatic N) is 3. The smallest absolute Gasteiger partial charge is 0.304 e. The summed E-state index contributed by atoms with van der Waals surface area (Å²) in [6, 6.07) is 21.7. The molecule has 0 spiro atoms. The van der Waals surface area contributed by atoms with Gasteiger partial charge in [-0.05, 0) is 41.8 Å². The number of carbonyl (C=O) groups is 2. The summed E-state index contributed by atoms with van der Waals surface area (Å²) >= 11 is 12.6. The highest BCUT2D eigenvalue weighted by molar-refractivity contribution is 7.90. The molecule has 3 rings (SSSR count). The predicted octanol–water partition coefficient (Wildman–Crippen LogP) is 4.77. The molecule has 0 aliphatic carbocycles. The van der Waals surface area contributed by atoms with E-state index in [1.165, 1.54) is 19.0 Å². The second-order valence-electron chi connectivity index (χ2n) is 9.39. The maximum absolute atomic E-state index is 14.1. The van der Waals surface area contributed by atoms with Crippen molar-refractivity contribution in [2.75, 3.05) is 31.5 Å². The van der Waals surface area contributed by atoms with Crippen molar-refractivity contribution < 1.29 is 18.0 Å². The van der Waals surface area contributed by atoms with Crippen LogP contribution in [0.3, 0.4) is 0 Å². The third-order valence-electron chi connectivity index (χ3n) is 6.24. The Kier molecular flexibility index (Phi) is 11.4. The molecule has 3 aromatic rings. The third-order valence-corrected chi connectivity index (χ3v) is 8.65. The van der Waals surface area contributed by atoms with E-state index in [9.17, 15) is 18.0 Å². The fourth-order valence-electron chi connectivity index (χ4n) is 4.06. The van der Waals surface area contributed by atoms with Crippen LogP contribution in [0.15, 0.2) is 78.9 Å². The van der Waals surface area contributed by atoms with Crippen LogP contribution < -0.4 is 9.62 Å². The van der Waals surface area contributed by atoms with Gasteiger partial charge in [0, 0.05) is 43.7 Å². The Labute approximate surface area is 246 Å². The summed E-state index contributed by atoms with van der Waals surface area (Å²) < 4.78 is 28.8. The molecule has 0 fully saturated rings. The van der Waals surface area contributed by atoms with Gasteiger partial charge in [-0.1, -0.05) is 84.7 Å². The number of anilines is 1. The van der Waals surface area contributed by atoms with Crippen molar-refractivity contribution in [3.63, 3.8) is 0 Å². The molecular weight excluding hydrogens is 571 g/mol. The molecule has 0 saturated carbocycles. The summed E-state index contributed by atoms with van der Waals surface area (Å²) in [5.74, 6) is -0.904. The molecule has 1 unspecified atom stereocenters. The topological polar surface area (TPSA) is 90.0 Å². The Morgan fingerprint density at radius 1 is 0.925 bits per heavy atom. The lowest BCUT2D eigenvalue weighted by atomic mass is 10.0. The molecule has 11 heteroatoms. The number of para-hydroxylation sites is 1. The molecule has 214 valence electrons. The van der Waals surface area contributed by atoms with Crippen LogP contribution in [0.2, 0.25) is 10.0 Å². The molecule has 0 aromatic heterocycles. The second-order valence-corrected chi connectivity index (χ2v) is 12.3. The highest BCUT2D eigenvalue weighted by atomic mass is 35.5. The maximum Gasteiger partial charge on any atom is 0.304 e. The molecule has 0 saturated heterocycles. The first kappa shape index (κ1) is 31.4. The van der Waals surface area contributed by atoms with E-state index in [0.717, 1.165) is 14.2 Å². The molecule has 8 nitrogen and oxygen atoms in total. The molecule has 0 bridgehead atoms. The van der Waals surface area contributed by atoms with Crippen molar-refractivity contribution in [2.24, 2.45) is 0 Å². The molecule has 0 aliphatic heterocycles. The quantitative estimate of drug-likeness (QED) is 0.304. The van der Waals surface area contributed by atoms with Crippen LogP contribution in [0.1, 0.15) is 24.5 Å². The van der Waals surface area contributed by atoms with E-state index < -0.39 is 28.7 Å². The fraction of sp³-hybridized carbons (Fsp3) is 0.310. The van der Waals surface area contributed by atoms with Gasteiger partial charge in [-0.2, -0.15) is 12.7 Å². The molecule has 40 heavy (non-hydrogen) atoms. The van der Waals surface area contributed by atoms with Crippen molar-refractivity contribution in [1.29, 1.82) is 0 Å². The number of halogens is 2. The number of rotatable bonds is 13. The Morgan fingerprint density at radius 2 is 1.55 bits per heavy atom. The average Bonchev–Trinajstić information content (AvgIpc) is 2.94. The third kappa shape index (κ3) is 8.20. The number of hydrogen-bond donors (Lipinski definition) is 1. The summed E-state index contributed by atoms with van der Waals surface area (Å²) in [6.45, 7) is 1.81. The molecular formula is C29H34Cl2N4O4S. The Bertz CT molecular complexity index is 1390. The van der Waals surface area contributed by atoms with Crippen molar-refractivity contribution in [3.05, 3.63) is 100 Å². The molecule has 1 atom stereocenters. The van der Waals surface area contributed by atoms with E-state index >= 15 is 0 Å². The van der Waals surface area contributed by atoms with Crippen LogP contribution in [-0.2, 0) is 32.8 Å². The summed E-state index contributed by atoms with van der Waals surface area (Å²) in [7, 11) is -1.25. The first-order valence-electron chi connectivity index (χ1n) is 12.8. The standard InChI is InChI=1S/C29H34Cl2N4O4S/c1-4-17-32-29(37)27(18-22-11-7-5-8-12-22)34(20-23-15-16-24(30)19-26(23)31)28(36)21-35(40(38,39)33(2)3)25-13-9-6-10-14-25/h5-16,19,27H,4,17-18,20-21H2,1-3H3,(H,32,37). The van der Waals surface area contributed by atoms with Gasteiger partial charge in [0.05, 0.1) is 5.69 Å². The highest BCUT2D eigenvalue weighted by Gasteiger charge is 2.34. The fourth-order valence-corrected chi connectivity index (χ4v) is 5.59. The number of nitrogens with one attached hydrogen (secondary N) is 1. The number of carbonyl (C=O) groups excluding carboxylic acids is 2. The minimum atomic E-state index is -4.05. The van der Waals surface area contributed by atoms with Gasteiger partial charge in [-0.15, -0.1) is 0 Å². The van der Waals surface area contributed by atoms with E-state index in [4.69, 9.17) is 23.2 Å². The Hall–Kier alpha value is -3.11. The molecule has 2 amide bonds. The first-order chi connectivity index (χ1) is 19.0. The van der Waals surface area contributed by atoms with Gasteiger partial charge in [-0.3, -0.25) is 9.59 Å². The predicted molar refractivity (Wildman–Crippen MR) is 161 cm³/mol. The minimum Gasteiger partial charge on any atom is -0.354 e. The second kappa shape index (κ2) is 14.5. The summed E-state index contributed by atoms with van der Waals surface area (Å²) in [6.07, 6.45) is 0.933. The van der Waals surface area contributed by atoms with E-state index in [1.807, 2.05) is 37.3 Å². The SMILES string of the molecule is CCCNC(=O)C(Cc1ccccc1)N(Cc1ccc(Cl)cc1Cl)C(=O)CN(c1ccccc1)S(=O)(=O)N(C)C. The van der Waals surface area contributed by atoms with Gasteiger partial charge >= 0.3 is 10.2 Å². The molecule has 0 aliphatic rings. The normalized spacial score (nSPS) is 12.2. The van der Waals surface area contributed by atoms with Crippen LogP contribution >= 0.6 is 23.2 Å². The number of amides is 2. The maximum atomic E-state index is 14.1. The van der Waals surface area contributed by atoms with Gasteiger partial charge in [0.15, 0.2) is 0 Å². The van der Waals surface area contributed by atoms with E-state index in [0.29, 0.717) is 34.3 Å². The molecule has 0 radical (unpaired) electrons. The summed E-state index contributed by atoms with van der Waals surface area (Å²) in [5, 5.41) is 3.67. The minimum absolute atomic E-state index is 0.0312. The summed E-state index contributed by atoms with van der Waals surface area (Å²) in [5.41, 5.74) is 1.74. The van der Waals surface area contributed by atoms with Gasteiger partial charge in [-0.25, -0.2) is 4.31 Å². The van der Waals surface area contributed by atoms with E-state index in [2.05, 4.69) is 5.32 Å². The van der Waals surface area contributed by atoms with Gasteiger partial charge in [0.2, 0.25) is 11.8 Å². The van der Waals surface area contributed by atoms with Crippen LogP contribution in [0.4, 0.5) is 5.69 Å². The van der Waals surface area contributed by atoms with Gasteiger partial charge in [0.1, 0.15) is 12.6 Å². The van der Waals surface area contributed by atoms with E-state index in [1.54, 1.807) is 48.5 Å². The monoisotopic (exact) mass is 604 g/mol. The lowest BCUT2D eigenvalue weighted by Gasteiger charge is -2.34. The Morgan fingerprint density at radius 3 is 2.12 bits per heavy atom. The lowest BCUT2D eigenvalue weighted by Crippen LogP contribution is -2.54. The van der Waals surface area contributed by atoms with Crippen LogP contribution in [0.5, 0.6) is 0 Å². The van der Waals surface area contributed by atoms with Crippen LogP contribution in [-0.4, -0.2) is 62.7 Å². The lowest BCUT2D eigenvalue weighted by molar-refractivity contribution is -0.140. The largest absolute Gasteiger partial charge is 0.354 e. The zero-order valence-corrected chi connectivity index (χ0v) is 25.1. The Balaban J connectivity index is 2.09. The molecule has 1 N–H and O–H groups in total. The van der Waals surface area contributed by atoms with Crippen molar-refractivity contribution in [2.45, 2.75) is 32.4 Å². The van der Waals surface area contributed by atoms with Crippen molar-refractivity contribution in [3.8, 4) is 0 Å². The van der Waals surface area contributed by atoms with Crippen molar-refractivity contribution in [1.82, 2.24) is 14.5 Å². The average molecular weight is 606 g/mol. The van der Waals surface area contributed by atoms with Crippen molar-refractivity contribution >= 4 is 50.9 Å². The summed E-state index contributed by atoms with van der Waals surface area (Å²) in [4.78, 5) is 29.1. The zero-order chi connectivity index (χ0) is 29.3. The van der Waals surface area contributed by atoms with Crippen LogP contribution in [0, 0.1) is 0 Å². The zero-order valence-electron chi connectivity index (χ0n) is 22.8. The van der Waals surface area contributed by atoms with E-state index in [-0.39, 0.29) is 18.9 Å².